The molecule has 32 heavy (non-hydrogen) atoms. The van der Waals surface area contributed by atoms with Crippen LogP contribution < -0.4 is 5.43 Å². The fraction of sp³-hybridized carbons (Fsp3) is 0.0455. The van der Waals surface area contributed by atoms with Crippen molar-refractivity contribution in [2.75, 3.05) is 5.75 Å². The zero-order valence-electron chi connectivity index (χ0n) is 16.5. The molecule has 4 rings (SSSR count). The van der Waals surface area contributed by atoms with E-state index in [1.165, 1.54) is 18.0 Å². The van der Waals surface area contributed by atoms with E-state index in [1.807, 2.05) is 41.0 Å². The Kier molecular flexibility index (Phi) is 7.16. The lowest BCUT2D eigenvalue weighted by Gasteiger charge is -2.10. The van der Waals surface area contributed by atoms with Gasteiger partial charge in [-0.05, 0) is 60.7 Å². The van der Waals surface area contributed by atoms with Crippen LogP contribution >= 0.6 is 35.0 Å². The Morgan fingerprint density at radius 1 is 1.00 bits per heavy atom. The number of nitrogens with zero attached hydrogens (tertiary/aromatic N) is 5. The molecule has 1 amide bonds. The largest absolute Gasteiger partial charge is 0.272 e. The van der Waals surface area contributed by atoms with E-state index in [0.717, 1.165) is 11.3 Å². The summed E-state index contributed by atoms with van der Waals surface area (Å²) in [4.78, 5) is 16.4. The van der Waals surface area contributed by atoms with E-state index in [1.54, 1.807) is 36.5 Å². The van der Waals surface area contributed by atoms with E-state index in [2.05, 4.69) is 25.7 Å². The Morgan fingerprint density at radius 3 is 2.41 bits per heavy atom. The summed E-state index contributed by atoms with van der Waals surface area (Å²) in [5.74, 6) is 0.451. The van der Waals surface area contributed by atoms with Crippen molar-refractivity contribution in [2.24, 2.45) is 5.10 Å². The highest BCUT2D eigenvalue weighted by molar-refractivity contribution is 7.99. The average molecular weight is 483 g/mol. The maximum Gasteiger partial charge on any atom is 0.250 e. The second-order valence-electron chi connectivity index (χ2n) is 6.46. The molecule has 1 N–H and O–H groups in total. The van der Waals surface area contributed by atoms with Crippen LogP contribution in [0.15, 0.2) is 83.2 Å². The molecule has 0 spiro atoms. The van der Waals surface area contributed by atoms with Crippen molar-refractivity contribution in [3.05, 3.63) is 88.7 Å². The summed E-state index contributed by atoms with van der Waals surface area (Å²) < 4.78 is 1.87. The fourth-order valence-electron chi connectivity index (χ4n) is 2.76. The van der Waals surface area contributed by atoms with Gasteiger partial charge in [0.25, 0.3) is 5.91 Å². The SMILES string of the molecule is O=C(CSc1nnc(-c2ccc(Cl)cc2)n1-c1ccc(Cl)cc1)NN=Cc1ccccn1. The third-order valence-electron chi connectivity index (χ3n) is 4.23. The molecule has 160 valence electrons. The predicted octanol–water partition coefficient (Wildman–Crippen LogP) is 4.88. The topological polar surface area (TPSA) is 85.1 Å². The molecule has 0 aliphatic heterocycles. The molecule has 0 atom stereocenters. The van der Waals surface area contributed by atoms with Gasteiger partial charge in [0.05, 0.1) is 17.7 Å². The number of amides is 1. The van der Waals surface area contributed by atoms with Crippen molar-refractivity contribution < 1.29 is 4.79 Å². The number of rotatable bonds is 7. The van der Waals surface area contributed by atoms with E-state index < -0.39 is 0 Å². The van der Waals surface area contributed by atoms with Crippen LogP contribution in [0.5, 0.6) is 0 Å². The Morgan fingerprint density at radius 2 is 1.72 bits per heavy atom. The summed E-state index contributed by atoms with van der Waals surface area (Å²) in [6, 6.07) is 20.1. The minimum atomic E-state index is -0.277. The number of carbonyl (C=O) groups excluding carboxylic acids is 1. The van der Waals surface area contributed by atoms with Crippen LogP contribution in [0.2, 0.25) is 10.0 Å². The molecule has 7 nitrogen and oxygen atoms in total. The van der Waals surface area contributed by atoms with Crippen LogP contribution in [-0.4, -0.2) is 37.6 Å². The molecule has 0 aliphatic carbocycles. The normalized spacial score (nSPS) is 11.1. The van der Waals surface area contributed by atoms with Crippen LogP contribution in [0, 0.1) is 0 Å². The van der Waals surface area contributed by atoms with E-state index in [-0.39, 0.29) is 11.7 Å². The predicted molar refractivity (Wildman–Crippen MR) is 128 cm³/mol. The minimum Gasteiger partial charge on any atom is -0.272 e. The number of hydrazone groups is 1. The third-order valence-corrected chi connectivity index (χ3v) is 5.66. The quantitative estimate of drug-likeness (QED) is 0.230. The lowest BCUT2D eigenvalue weighted by Crippen LogP contribution is -2.20. The Hall–Kier alpha value is -3.20. The molecule has 0 radical (unpaired) electrons. The number of halogens is 2. The standard InChI is InChI=1S/C22H16Cl2N6OS/c23-16-6-4-15(5-7-16)21-28-29-22(30(21)19-10-8-17(24)9-11-19)32-14-20(31)27-26-13-18-3-1-2-12-25-18/h1-13H,14H2,(H,27,31). The molecule has 0 fully saturated rings. The number of thioether (sulfide) groups is 1. The third kappa shape index (κ3) is 5.53. The molecule has 4 aromatic rings. The van der Waals surface area contributed by atoms with Crippen molar-refractivity contribution in [3.63, 3.8) is 0 Å². The van der Waals surface area contributed by atoms with Crippen LogP contribution in [0.4, 0.5) is 0 Å². The first kappa shape index (κ1) is 22.0. The summed E-state index contributed by atoms with van der Waals surface area (Å²) in [5, 5.41) is 14.4. The molecular weight excluding hydrogens is 467 g/mol. The Balaban J connectivity index is 1.53. The lowest BCUT2D eigenvalue weighted by molar-refractivity contribution is -0.118. The first-order valence-electron chi connectivity index (χ1n) is 9.43. The number of pyridine rings is 1. The summed E-state index contributed by atoms with van der Waals surface area (Å²) in [5.41, 5.74) is 4.80. The summed E-state index contributed by atoms with van der Waals surface area (Å²) in [6.45, 7) is 0. The van der Waals surface area contributed by atoms with Gasteiger partial charge in [-0.15, -0.1) is 10.2 Å². The van der Waals surface area contributed by atoms with Gasteiger partial charge in [-0.25, -0.2) is 5.43 Å². The van der Waals surface area contributed by atoms with E-state index in [4.69, 9.17) is 23.2 Å². The number of carbonyl (C=O) groups is 1. The maximum atomic E-state index is 12.3. The van der Waals surface area contributed by atoms with Crippen LogP contribution in [0.1, 0.15) is 5.69 Å². The van der Waals surface area contributed by atoms with Gasteiger partial charge in [0, 0.05) is 27.5 Å². The van der Waals surface area contributed by atoms with Gasteiger partial charge in [-0.3, -0.25) is 14.3 Å². The molecule has 0 unspecified atom stereocenters. The smallest absolute Gasteiger partial charge is 0.250 e. The number of nitrogens with one attached hydrogen (secondary N) is 1. The van der Waals surface area contributed by atoms with Gasteiger partial charge in [0.1, 0.15) is 0 Å². The Labute approximate surface area is 198 Å². The van der Waals surface area contributed by atoms with E-state index in [0.29, 0.717) is 26.7 Å². The molecule has 0 saturated carbocycles. The summed E-state index contributed by atoms with van der Waals surface area (Å²) >= 11 is 13.3. The van der Waals surface area contributed by atoms with Crippen molar-refractivity contribution >= 4 is 47.1 Å². The highest BCUT2D eigenvalue weighted by Crippen LogP contribution is 2.29. The molecule has 2 aromatic carbocycles. The van der Waals surface area contributed by atoms with Gasteiger partial charge in [-0.1, -0.05) is 41.0 Å². The van der Waals surface area contributed by atoms with Crippen molar-refractivity contribution in [3.8, 4) is 17.1 Å². The number of benzene rings is 2. The fourth-order valence-corrected chi connectivity index (χ4v) is 3.75. The minimum absolute atomic E-state index is 0.103. The monoisotopic (exact) mass is 482 g/mol. The first-order chi connectivity index (χ1) is 15.6. The number of hydrogen-bond acceptors (Lipinski definition) is 6. The highest BCUT2D eigenvalue weighted by atomic mass is 35.5. The average Bonchev–Trinajstić information content (AvgIpc) is 3.23. The molecule has 0 bridgehead atoms. The van der Waals surface area contributed by atoms with Gasteiger partial charge in [-0.2, -0.15) is 5.10 Å². The van der Waals surface area contributed by atoms with E-state index >= 15 is 0 Å². The maximum absolute atomic E-state index is 12.3. The van der Waals surface area contributed by atoms with Crippen LogP contribution in [0.25, 0.3) is 17.1 Å². The second kappa shape index (κ2) is 10.4. The molecular formula is C22H16Cl2N6OS. The molecule has 10 heteroatoms. The lowest BCUT2D eigenvalue weighted by atomic mass is 10.2. The van der Waals surface area contributed by atoms with Crippen molar-refractivity contribution in [1.29, 1.82) is 0 Å². The number of aromatic nitrogens is 4. The molecule has 0 aliphatic rings. The number of hydrogen-bond donors (Lipinski definition) is 1. The zero-order chi connectivity index (χ0) is 22.3. The molecule has 2 aromatic heterocycles. The molecule has 0 saturated heterocycles. The van der Waals surface area contributed by atoms with Crippen molar-refractivity contribution in [2.45, 2.75) is 5.16 Å². The van der Waals surface area contributed by atoms with Gasteiger partial charge >= 0.3 is 0 Å². The van der Waals surface area contributed by atoms with Crippen molar-refractivity contribution in [1.82, 2.24) is 25.2 Å². The van der Waals surface area contributed by atoms with Gasteiger partial charge in [0.15, 0.2) is 11.0 Å². The van der Waals surface area contributed by atoms with Crippen LogP contribution in [-0.2, 0) is 4.79 Å². The van der Waals surface area contributed by atoms with Crippen LogP contribution in [0.3, 0.4) is 0 Å². The first-order valence-corrected chi connectivity index (χ1v) is 11.2. The highest BCUT2D eigenvalue weighted by Gasteiger charge is 2.17. The summed E-state index contributed by atoms with van der Waals surface area (Å²) in [6.07, 6.45) is 3.14. The zero-order valence-corrected chi connectivity index (χ0v) is 18.8. The Bertz CT molecular complexity index is 1230. The second-order valence-corrected chi connectivity index (χ2v) is 8.28. The van der Waals surface area contributed by atoms with Gasteiger partial charge in [0.2, 0.25) is 0 Å². The van der Waals surface area contributed by atoms with E-state index in [9.17, 15) is 4.79 Å². The molecule has 2 heterocycles. The van der Waals surface area contributed by atoms with Gasteiger partial charge < -0.3 is 0 Å². The summed E-state index contributed by atoms with van der Waals surface area (Å²) in [7, 11) is 0.